The summed E-state index contributed by atoms with van der Waals surface area (Å²) in [7, 11) is 0. The third-order valence-electron chi connectivity index (χ3n) is 3.74. The Balaban J connectivity index is 2.21. The van der Waals surface area contributed by atoms with Gasteiger partial charge in [-0.1, -0.05) is 36.4 Å². The first-order valence-corrected chi connectivity index (χ1v) is 6.96. The van der Waals surface area contributed by atoms with Gasteiger partial charge in [0.15, 0.2) is 0 Å². The van der Waals surface area contributed by atoms with Crippen LogP contribution in [0.4, 0.5) is 5.69 Å². The van der Waals surface area contributed by atoms with Crippen molar-refractivity contribution in [3.63, 3.8) is 0 Å². The van der Waals surface area contributed by atoms with E-state index < -0.39 is 11.0 Å². The molecule has 1 atom stereocenters. The maximum atomic E-state index is 11.5. The molecule has 112 valence electrons. The number of nitriles is 1. The van der Waals surface area contributed by atoms with Crippen molar-refractivity contribution in [2.45, 2.75) is 6.10 Å². The van der Waals surface area contributed by atoms with Crippen LogP contribution in [0.25, 0.3) is 10.8 Å². The summed E-state index contributed by atoms with van der Waals surface area (Å²) < 4.78 is 0. The van der Waals surface area contributed by atoms with Crippen molar-refractivity contribution < 1.29 is 10.0 Å². The predicted molar refractivity (Wildman–Crippen MR) is 85.8 cm³/mol. The molecular weight excluding hydrogens is 292 g/mol. The molecule has 0 heterocycles. The fraction of sp³-hybridized carbons (Fsp3) is 0.0556. The van der Waals surface area contributed by atoms with Crippen LogP contribution < -0.4 is 0 Å². The number of nitrogens with zero attached hydrogens (tertiary/aromatic N) is 2. The molecule has 3 rings (SSSR count). The molecule has 0 aromatic heterocycles. The number of benzene rings is 3. The van der Waals surface area contributed by atoms with Crippen LogP contribution in [0.15, 0.2) is 60.7 Å². The molecule has 1 unspecified atom stereocenters. The molecule has 1 N–H and O–H groups in total. The maximum absolute atomic E-state index is 11.5. The molecule has 0 aliphatic rings. The molecule has 0 spiro atoms. The molecule has 0 aliphatic heterocycles. The summed E-state index contributed by atoms with van der Waals surface area (Å²) >= 11 is 0. The average Bonchev–Trinajstić information content (AvgIpc) is 2.59. The number of aliphatic hydroxyl groups is 1. The van der Waals surface area contributed by atoms with Gasteiger partial charge in [0.1, 0.15) is 6.10 Å². The van der Waals surface area contributed by atoms with Gasteiger partial charge in [0, 0.05) is 0 Å². The van der Waals surface area contributed by atoms with E-state index in [1.807, 2.05) is 6.07 Å². The minimum absolute atomic E-state index is 0.113. The number of hydrogen-bond acceptors (Lipinski definition) is 4. The van der Waals surface area contributed by atoms with Crippen molar-refractivity contribution in [1.82, 2.24) is 0 Å². The summed E-state index contributed by atoms with van der Waals surface area (Å²) in [6.45, 7) is 0. The summed E-state index contributed by atoms with van der Waals surface area (Å²) in [5, 5.41) is 32.3. The van der Waals surface area contributed by atoms with Crippen molar-refractivity contribution in [2.24, 2.45) is 0 Å². The number of aliphatic hydroxyl groups excluding tert-OH is 1. The number of nitro benzene ring substituents is 1. The van der Waals surface area contributed by atoms with Gasteiger partial charge in [-0.25, -0.2) is 0 Å². The minimum Gasteiger partial charge on any atom is -0.383 e. The van der Waals surface area contributed by atoms with Gasteiger partial charge in [-0.15, -0.1) is 0 Å². The van der Waals surface area contributed by atoms with Crippen LogP contribution in [0.5, 0.6) is 0 Å². The molecule has 0 fully saturated rings. The molecule has 0 saturated carbocycles. The third-order valence-corrected chi connectivity index (χ3v) is 3.74. The largest absolute Gasteiger partial charge is 0.383 e. The second-order valence-corrected chi connectivity index (χ2v) is 5.12. The van der Waals surface area contributed by atoms with E-state index in [2.05, 4.69) is 0 Å². The zero-order chi connectivity index (χ0) is 16.4. The molecule has 3 aromatic carbocycles. The van der Waals surface area contributed by atoms with E-state index in [0.717, 1.165) is 5.39 Å². The van der Waals surface area contributed by atoms with Gasteiger partial charge < -0.3 is 5.11 Å². The van der Waals surface area contributed by atoms with Gasteiger partial charge in [0.25, 0.3) is 5.69 Å². The highest BCUT2D eigenvalue weighted by Crippen LogP contribution is 2.35. The Kier molecular flexibility index (Phi) is 3.75. The Bertz CT molecular complexity index is 944. The number of hydrogen-bond donors (Lipinski definition) is 1. The molecule has 0 radical (unpaired) electrons. The SMILES string of the molecule is N#Cc1cccc(C(O)c2ccc3ccccc3c2[N+](=O)[O-])c1. The first kappa shape index (κ1) is 14.7. The summed E-state index contributed by atoms with van der Waals surface area (Å²) in [5.41, 5.74) is 0.939. The highest BCUT2D eigenvalue weighted by Gasteiger charge is 2.24. The number of fused-ring (bicyclic) bond motifs is 1. The fourth-order valence-corrected chi connectivity index (χ4v) is 2.65. The summed E-state index contributed by atoms with van der Waals surface area (Å²) in [4.78, 5) is 11.1. The van der Waals surface area contributed by atoms with Crippen molar-refractivity contribution in [1.29, 1.82) is 5.26 Å². The van der Waals surface area contributed by atoms with Crippen LogP contribution in [0, 0.1) is 21.4 Å². The minimum atomic E-state index is -1.17. The van der Waals surface area contributed by atoms with Gasteiger partial charge >= 0.3 is 0 Å². The molecular formula is C18H12N2O3. The Morgan fingerprint density at radius 1 is 1.09 bits per heavy atom. The average molecular weight is 304 g/mol. The van der Waals surface area contributed by atoms with E-state index in [1.54, 1.807) is 54.6 Å². The van der Waals surface area contributed by atoms with Crippen LogP contribution >= 0.6 is 0 Å². The first-order chi connectivity index (χ1) is 11.1. The van der Waals surface area contributed by atoms with Gasteiger partial charge in [0.05, 0.1) is 27.5 Å². The normalized spacial score (nSPS) is 11.8. The van der Waals surface area contributed by atoms with Gasteiger partial charge in [-0.05, 0) is 35.2 Å². The zero-order valence-electron chi connectivity index (χ0n) is 12.0. The molecule has 0 aliphatic carbocycles. The fourth-order valence-electron chi connectivity index (χ4n) is 2.65. The Labute approximate surface area is 132 Å². The Morgan fingerprint density at radius 3 is 2.61 bits per heavy atom. The summed E-state index contributed by atoms with van der Waals surface area (Å²) in [6.07, 6.45) is -1.17. The topological polar surface area (TPSA) is 87.2 Å². The lowest BCUT2D eigenvalue weighted by Gasteiger charge is -2.13. The van der Waals surface area contributed by atoms with Gasteiger partial charge in [-0.2, -0.15) is 5.26 Å². The monoisotopic (exact) mass is 304 g/mol. The Hall–Kier alpha value is -3.23. The van der Waals surface area contributed by atoms with Crippen LogP contribution in [-0.4, -0.2) is 10.0 Å². The highest BCUT2D eigenvalue weighted by molar-refractivity contribution is 5.92. The lowest BCUT2D eigenvalue weighted by Crippen LogP contribution is -2.05. The lowest BCUT2D eigenvalue weighted by molar-refractivity contribution is -0.384. The second kappa shape index (κ2) is 5.87. The molecule has 0 saturated heterocycles. The summed E-state index contributed by atoms with van der Waals surface area (Å²) in [6, 6.07) is 18.7. The lowest BCUT2D eigenvalue weighted by atomic mass is 9.95. The van der Waals surface area contributed by atoms with Crippen LogP contribution in [0.2, 0.25) is 0 Å². The van der Waals surface area contributed by atoms with Crippen LogP contribution in [-0.2, 0) is 0 Å². The molecule has 23 heavy (non-hydrogen) atoms. The van der Waals surface area contributed by atoms with Crippen LogP contribution in [0.1, 0.15) is 22.8 Å². The first-order valence-electron chi connectivity index (χ1n) is 6.96. The molecule has 0 amide bonds. The van der Waals surface area contributed by atoms with Gasteiger partial charge in [-0.3, -0.25) is 10.1 Å². The maximum Gasteiger partial charge on any atom is 0.283 e. The van der Waals surface area contributed by atoms with Crippen LogP contribution in [0.3, 0.4) is 0 Å². The zero-order valence-corrected chi connectivity index (χ0v) is 12.0. The van der Waals surface area contributed by atoms with E-state index in [9.17, 15) is 15.2 Å². The van der Waals surface area contributed by atoms with Crippen molar-refractivity contribution >= 4 is 16.5 Å². The molecule has 0 bridgehead atoms. The van der Waals surface area contributed by atoms with Gasteiger partial charge in [0.2, 0.25) is 0 Å². The highest BCUT2D eigenvalue weighted by atomic mass is 16.6. The van der Waals surface area contributed by atoms with E-state index >= 15 is 0 Å². The quantitative estimate of drug-likeness (QED) is 0.590. The summed E-state index contributed by atoms with van der Waals surface area (Å²) in [5.74, 6) is 0. The van der Waals surface area contributed by atoms with E-state index in [-0.39, 0.29) is 11.3 Å². The van der Waals surface area contributed by atoms with Crippen molar-refractivity contribution in [3.05, 3.63) is 87.5 Å². The second-order valence-electron chi connectivity index (χ2n) is 5.12. The number of rotatable bonds is 3. The van der Waals surface area contributed by atoms with E-state index in [4.69, 9.17) is 5.26 Å². The smallest absolute Gasteiger partial charge is 0.283 e. The molecule has 3 aromatic rings. The predicted octanol–water partition coefficient (Wildman–Crippen LogP) is 3.70. The number of nitro groups is 1. The third kappa shape index (κ3) is 2.63. The Morgan fingerprint density at radius 2 is 1.87 bits per heavy atom. The molecule has 5 nitrogen and oxygen atoms in total. The van der Waals surface area contributed by atoms with E-state index in [0.29, 0.717) is 16.5 Å². The van der Waals surface area contributed by atoms with Crippen molar-refractivity contribution in [3.8, 4) is 6.07 Å². The van der Waals surface area contributed by atoms with E-state index in [1.165, 1.54) is 6.07 Å². The standard InChI is InChI=1S/C18H12N2O3/c19-11-12-4-3-6-14(10-12)18(21)16-9-8-13-5-1-2-7-15(13)17(16)20(22)23/h1-10,18,21H. The molecule has 5 heteroatoms. The van der Waals surface area contributed by atoms with Crippen molar-refractivity contribution in [2.75, 3.05) is 0 Å².